The molecule has 1 saturated heterocycles. The van der Waals surface area contributed by atoms with Gasteiger partial charge < -0.3 is 14.8 Å². The molecule has 2 aliphatic rings. The molecular weight excluding hydrogens is 380 g/mol. The van der Waals surface area contributed by atoms with Gasteiger partial charge in [-0.15, -0.1) is 0 Å². The van der Waals surface area contributed by atoms with Crippen LogP contribution in [0.25, 0.3) is 0 Å². The van der Waals surface area contributed by atoms with Crippen LogP contribution < -0.4 is 14.8 Å². The summed E-state index contributed by atoms with van der Waals surface area (Å²) in [5.74, 6) is 1.54. The zero-order valence-electron chi connectivity index (χ0n) is 17.5. The molecule has 0 unspecified atom stereocenters. The maximum absolute atomic E-state index is 12.9. The van der Waals surface area contributed by atoms with E-state index in [1.807, 2.05) is 13.0 Å². The van der Waals surface area contributed by atoms with Gasteiger partial charge in [0.1, 0.15) is 0 Å². The van der Waals surface area contributed by atoms with Gasteiger partial charge in [-0.25, -0.2) is 0 Å². The number of nitrogens with one attached hydrogen (secondary N) is 1. The lowest BCUT2D eigenvalue weighted by atomic mass is 10.0. The topological polar surface area (TPSA) is 67.9 Å². The summed E-state index contributed by atoms with van der Waals surface area (Å²) in [6.45, 7) is 5.68. The van der Waals surface area contributed by atoms with Gasteiger partial charge in [-0.1, -0.05) is 6.07 Å². The van der Waals surface area contributed by atoms with E-state index in [4.69, 9.17) is 9.47 Å². The van der Waals surface area contributed by atoms with E-state index in [1.165, 1.54) is 6.92 Å². The highest BCUT2D eigenvalue weighted by molar-refractivity contribution is 5.97. The summed E-state index contributed by atoms with van der Waals surface area (Å²) in [6.07, 6.45) is 2.93. The van der Waals surface area contributed by atoms with Crippen LogP contribution in [0.15, 0.2) is 42.5 Å². The Balaban J connectivity index is 1.46. The molecule has 2 aromatic rings. The van der Waals surface area contributed by atoms with Crippen molar-refractivity contribution in [1.82, 2.24) is 4.90 Å². The molecule has 0 saturated carbocycles. The van der Waals surface area contributed by atoms with Crippen LogP contribution in [0.2, 0.25) is 0 Å². The highest BCUT2D eigenvalue weighted by atomic mass is 16.5. The first-order valence-electron chi connectivity index (χ1n) is 10.6. The molecule has 6 nitrogen and oxygen atoms in total. The average Bonchev–Trinajstić information content (AvgIpc) is 3.12. The Morgan fingerprint density at radius 1 is 1.03 bits per heavy atom. The summed E-state index contributed by atoms with van der Waals surface area (Å²) in [5, 5.41) is 2.98. The van der Waals surface area contributed by atoms with E-state index in [0.717, 1.165) is 42.9 Å². The van der Waals surface area contributed by atoms with Gasteiger partial charge in [0.25, 0.3) is 0 Å². The molecule has 30 heavy (non-hydrogen) atoms. The number of ketones is 1. The van der Waals surface area contributed by atoms with E-state index >= 15 is 0 Å². The van der Waals surface area contributed by atoms with Crippen molar-refractivity contribution < 1.29 is 19.1 Å². The third-order valence-corrected chi connectivity index (χ3v) is 5.89. The first-order valence-corrected chi connectivity index (χ1v) is 10.6. The number of ether oxygens (including phenoxy) is 2. The van der Waals surface area contributed by atoms with Crippen LogP contribution in [-0.2, 0) is 4.79 Å². The van der Waals surface area contributed by atoms with E-state index in [-0.39, 0.29) is 23.8 Å². The number of hydrogen-bond donors (Lipinski definition) is 1. The number of anilines is 1. The smallest absolute Gasteiger partial charge is 0.241 e. The SMILES string of the molecule is CC(=O)c1ccc(NC(=O)[C@@H](C)N2CCC[C@@H]2c2ccc3c(c2)OCCCO3)cc1. The molecule has 0 spiro atoms. The van der Waals surface area contributed by atoms with Crippen molar-refractivity contribution in [3.63, 3.8) is 0 Å². The molecule has 0 aliphatic carbocycles. The van der Waals surface area contributed by atoms with Crippen molar-refractivity contribution in [3.8, 4) is 11.5 Å². The molecule has 0 radical (unpaired) electrons. The van der Waals surface area contributed by atoms with Gasteiger partial charge in [-0.2, -0.15) is 0 Å². The predicted molar refractivity (Wildman–Crippen MR) is 115 cm³/mol. The average molecular weight is 408 g/mol. The number of fused-ring (bicyclic) bond motifs is 1. The molecule has 2 aromatic carbocycles. The largest absolute Gasteiger partial charge is 0.490 e. The predicted octanol–water partition coefficient (Wildman–Crippen LogP) is 4.21. The molecule has 0 aromatic heterocycles. The highest BCUT2D eigenvalue weighted by Gasteiger charge is 2.33. The Morgan fingerprint density at radius 2 is 1.77 bits per heavy atom. The van der Waals surface area contributed by atoms with Crippen LogP contribution in [0.4, 0.5) is 5.69 Å². The number of likely N-dealkylation sites (tertiary alicyclic amines) is 1. The normalized spacial score (nSPS) is 19.7. The second-order valence-electron chi connectivity index (χ2n) is 7.95. The van der Waals surface area contributed by atoms with Crippen molar-refractivity contribution >= 4 is 17.4 Å². The molecule has 2 atom stereocenters. The van der Waals surface area contributed by atoms with Crippen LogP contribution in [-0.4, -0.2) is 42.4 Å². The van der Waals surface area contributed by atoms with Crippen molar-refractivity contribution in [2.24, 2.45) is 0 Å². The van der Waals surface area contributed by atoms with E-state index in [1.54, 1.807) is 24.3 Å². The summed E-state index contributed by atoms with van der Waals surface area (Å²) in [5.41, 5.74) is 2.49. The van der Waals surface area contributed by atoms with Crippen molar-refractivity contribution in [1.29, 1.82) is 0 Å². The van der Waals surface area contributed by atoms with Gasteiger partial charge in [-0.3, -0.25) is 14.5 Å². The summed E-state index contributed by atoms with van der Waals surface area (Å²) in [7, 11) is 0. The van der Waals surface area contributed by atoms with Crippen LogP contribution in [0, 0.1) is 0 Å². The zero-order chi connectivity index (χ0) is 21.1. The van der Waals surface area contributed by atoms with Crippen molar-refractivity contribution in [3.05, 3.63) is 53.6 Å². The van der Waals surface area contributed by atoms with Crippen molar-refractivity contribution in [2.75, 3.05) is 25.1 Å². The van der Waals surface area contributed by atoms with E-state index < -0.39 is 0 Å². The van der Waals surface area contributed by atoms with Crippen LogP contribution >= 0.6 is 0 Å². The van der Waals surface area contributed by atoms with Gasteiger partial charge in [0.05, 0.1) is 19.3 Å². The third-order valence-electron chi connectivity index (χ3n) is 5.89. The van der Waals surface area contributed by atoms with Gasteiger partial charge in [0, 0.05) is 23.7 Å². The quantitative estimate of drug-likeness (QED) is 0.751. The maximum Gasteiger partial charge on any atom is 0.241 e. The monoisotopic (exact) mass is 408 g/mol. The number of rotatable bonds is 5. The Morgan fingerprint density at radius 3 is 2.50 bits per heavy atom. The second-order valence-corrected chi connectivity index (χ2v) is 7.95. The number of nitrogens with zero attached hydrogens (tertiary/aromatic N) is 1. The fourth-order valence-corrected chi connectivity index (χ4v) is 4.18. The summed E-state index contributed by atoms with van der Waals surface area (Å²) in [6, 6.07) is 13.0. The number of hydrogen-bond acceptors (Lipinski definition) is 5. The Labute approximate surface area is 177 Å². The molecule has 1 N–H and O–H groups in total. The molecule has 6 heteroatoms. The molecule has 158 valence electrons. The van der Waals surface area contributed by atoms with Gasteiger partial charge in [0.15, 0.2) is 17.3 Å². The summed E-state index contributed by atoms with van der Waals surface area (Å²) >= 11 is 0. The van der Waals surface area contributed by atoms with E-state index in [0.29, 0.717) is 24.5 Å². The second kappa shape index (κ2) is 8.88. The number of carbonyl (C=O) groups excluding carboxylic acids is 2. The Bertz CT molecular complexity index is 925. The minimum Gasteiger partial charge on any atom is -0.490 e. The first kappa shape index (κ1) is 20.4. The van der Waals surface area contributed by atoms with E-state index in [9.17, 15) is 9.59 Å². The fraction of sp³-hybridized carbons (Fsp3) is 0.417. The maximum atomic E-state index is 12.9. The molecule has 2 heterocycles. The summed E-state index contributed by atoms with van der Waals surface area (Å²) < 4.78 is 11.6. The van der Waals surface area contributed by atoms with Crippen molar-refractivity contribution in [2.45, 2.75) is 45.2 Å². The van der Waals surface area contributed by atoms with Gasteiger partial charge in [0.2, 0.25) is 5.91 Å². The first-order chi connectivity index (χ1) is 14.5. The Kier molecular flexibility index (Phi) is 6.04. The minimum atomic E-state index is -0.277. The number of carbonyl (C=O) groups is 2. The molecule has 1 amide bonds. The van der Waals surface area contributed by atoms with E-state index in [2.05, 4.69) is 22.3 Å². The fourth-order valence-electron chi connectivity index (χ4n) is 4.18. The van der Waals surface area contributed by atoms with Gasteiger partial charge >= 0.3 is 0 Å². The molecule has 1 fully saturated rings. The lowest BCUT2D eigenvalue weighted by Crippen LogP contribution is -2.41. The van der Waals surface area contributed by atoms with Crippen LogP contribution in [0.3, 0.4) is 0 Å². The zero-order valence-corrected chi connectivity index (χ0v) is 17.5. The standard InChI is InChI=1S/C24H28N2O4/c1-16(24(28)25-20-9-6-18(7-10-20)17(2)27)26-12-3-5-21(26)19-8-11-22-23(15-19)30-14-4-13-29-22/h6-11,15-16,21H,3-5,12-14H2,1-2H3,(H,25,28)/t16-,21-/m1/s1. The molecule has 4 rings (SSSR count). The lowest BCUT2D eigenvalue weighted by molar-refractivity contribution is -0.121. The molecule has 2 aliphatic heterocycles. The number of benzene rings is 2. The van der Waals surface area contributed by atoms with Crippen LogP contribution in [0.5, 0.6) is 11.5 Å². The number of amides is 1. The summed E-state index contributed by atoms with van der Waals surface area (Å²) in [4.78, 5) is 26.6. The van der Waals surface area contributed by atoms with Gasteiger partial charge in [-0.05, 0) is 75.2 Å². The molecular formula is C24H28N2O4. The van der Waals surface area contributed by atoms with Crippen LogP contribution in [0.1, 0.15) is 55.1 Å². The minimum absolute atomic E-state index is 0.0104. The lowest BCUT2D eigenvalue weighted by Gasteiger charge is -2.30. The number of Topliss-reactive ketones (excluding diaryl/α,β-unsaturated/α-hetero) is 1. The molecule has 0 bridgehead atoms. The highest BCUT2D eigenvalue weighted by Crippen LogP contribution is 2.38. The Hall–Kier alpha value is -2.86. The third kappa shape index (κ3) is 4.33.